The Labute approximate surface area is 115 Å². The number of hydrogen-bond donors (Lipinski definition) is 0. The Kier molecular flexibility index (Phi) is 8.45. The Morgan fingerprint density at radius 1 is 0.529 bits per heavy atom. The van der Waals surface area contributed by atoms with Gasteiger partial charge in [-0.1, -0.05) is 0 Å². The summed E-state index contributed by atoms with van der Waals surface area (Å²) in [6, 6.07) is 0. The van der Waals surface area contributed by atoms with E-state index in [0.717, 1.165) is 15.7 Å². The van der Waals surface area contributed by atoms with Gasteiger partial charge in [0.2, 0.25) is 0 Å². The monoisotopic (exact) mass is 348 g/mol. The van der Waals surface area contributed by atoms with Crippen LogP contribution in [-0.4, -0.2) is 18.4 Å². The molecule has 0 spiro atoms. The first-order valence-corrected chi connectivity index (χ1v) is 14.5. The van der Waals surface area contributed by atoms with Crippen LogP contribution < -0.4 is 0 Å². The van der Waals surface area contributed by atoms with Crippen molar-refractivity contribution in [1.82, 2.24) is 0 Å². The van der Waals surface area contributed by atoms with Gasteiger partial charge >= 0.3 is 115 Å². The van der Waals surface area contributed by atoms with Crippen LogP contribution in [0, 0.1) is 0 Å². The molecule has 0 aromatic heterocycles. The van der Waals surface area contributed by atoms with Crippen LogP contribution in [-0.2, 0) is 0 Å². The van der Waals surface area contributed by atoms with Crippen LogP contribution in [0.15, 0.2) is 0 Å². The molecule has 0 N–H and O–H groups in total. The predicted octanol–water partition coefficient (Wildman–Crippen LogP) is 6.64. The van der Waals surface area contributed by atoms with Gasteiger partial charge in [-0.15, -0.1) is 0 Å². The first kappa shape index (κ1) is 17.8. The van der Waals surface area contributed by atoms with E-state index in [4.69, 9.17) is 0 Å². The fraction of sp³-hybridized carbons (Fsp3) is 1.00. The van der Waals surface area contributed by atoms with Crippen LogP contribution in [0.25, 0.3) is 0 Å². The predicted molar refractivity (Wildman–Crippen MR) is 84.6 cm³/mol. The van der Waals surface area contributed by atoms with Gasteiger partial charge < -0.3 is 0 Å². The van der Waals surface area contributed by atoms with E-state index in [2.05, 4.69) is 55.4 Å². The van der Waals surface area contributed by atoms with Gasteiger partial charge in [-0.05, 0) is 0 Å². The summed E-state index contributed by atoms with van der Waals surface area (Å²) in [6.45, 7) is 20.0. The fourth-order valence-corrected chi connectivity index (χ4v) is 29.0. The molecule has 104 valence electrons. The molecule has 1 heteroatoms. The third-order valence-corrected chi connectivity index (χ3v) is 30.0. The van der Waals surface area contributed by atoms with E-state index in [-0.39, 0.29) is 0 Å². The Morgan fingerprint density at radius 3 is 0.824 bits per heavy atom. The van der Waals surface area contributed by atoms with Crippen LogP contribution in [0.1, 0.15) is 81.1 Å². The molecule has 0 aliphatic rings. The zero-order valence-electron chi connectivity index (χ0n) is 13.6. The normalized spacial score (nSPS) is 19.8. The summed E-state index contributed by atoms with van der Waals surface area (Å²) in [5.74, 6) is 0. The molecule has 0 saturated carbocycles. The van der Waals surface area contributed by atoms with Crippen LogP contribution in [0.4, 0.5) is 0 Å². The summed E-state index contributed by atoms with van der Waals surface area (Å²) < 4.78 is 4.18. The van der Waals surface area contributed by atoms with Gasteiger partial charge in [0.1, 0.15) is 0 Å². The van der Waals surface area contributed by atoms with Crippen molar-refractivity contribution in [3.05, 3.63) is 0 Å². The van der Waals surface area contributed by atoms with Gasteiger partial charge in [0.15, 0.2) is 0 Å². The Hall–Kier alpha value is 0.799. The van der Waals surface area contributed by atoms with E-state index < -0.39 is 18.4 Å². The van der Waals surface area contributed by atoms with E-state index in [1.807, 2.05) is 0 Å². The number of rotatable bonds is 8. The quantitative estimate of drug-likeness (QED) is 0.432. The van der Waals surface area contributed by atoms with E-state index in [9.17, 15) is 0 Å². The first-order valence-electron chi connectivity index (χ1n) is 7.93. The van der Waals surface area contributed by atoms with Gasteiger partial charge in [0, 0.05) is 0 Å². The molecule has 4 atom stereocenters. The van der Waals surface area contributed by atoms with Crippen LogP contribution in [0.3, 0.4) is 0 Å². The molecular weight excluding hydrogens is 311 g/mol. The molecule has 17 heavy (non-hydrogen) atoms. The average molecular weight is 347 g/mol. The molecule has 0 aromatic carbocycles. The average Bonchev–Trinajstić information content (AvgIpc) is 2.37. The van der Waals surface area contributed by atoms with E-state index in [1.165, 1.54) is 25.7 Å². The summed E-state index contributed by atoms with van der Waals surface area (Å²) in [6.07, 6.45) is 5.65. The number of hydrogen-bond acceptors (Lipinski definition) is 0. The second kappa shape index (κ2) is 8.07. The molecule has 0 unspecified atom stereocenters. The van der Waals surface area contributed by atoms with Crippen molar-refractivity contribution >= 4 is 18.4 Å². The van der Waals surface area contributed by atoms with Gasteiger partial charge in [0.05, 0.1) is 0 Å². The molecule has 0 heterocycles. The molecule has 0 aliphatic heterocycles. The minimum atomic E-state index is -2.10. The van der Waals surface area contributed by atoms with Gasteiger partial charge in [-0.3, -0.25) is 0 Å². The maximum atomic E-state index is 2.58. The van der Waals surface area contributed by atoms with Gasteiger partial charge in [0.25, 0.3) is 0 Å². The standard InChI is InChI=1S/4C4H9.Sn/c4*1-3-4-2;/h4*3H,4H2,1-2H3;. The molecule has 0 nitrogen and oxygen atoms in total. The van der Waals surface area contributed by atoms with Gasteiger partial charge in [-0.25, -0.2) is 0 Å². The summed E-state index contributed by atoms with van der Waals surface area (Å²) in [4.78, 5) is 0. The van der Waals surface area contributed by atoms with Crippen molar-refractivity contribution < 1.29 is 0 Å². The zero-order valence-corrected chi connectivity index (χ0v) is 16.5. The topological polar surface area (TPSA) is 0 Å². The summed E-state index contributed by atoms with van der Waals surface area (Å²) in [5.41, 5.74) is 0. The van der Waals surface area contributed by atoms with E-state index >= 15 is 0 Å². The van der Waals surface area contributed by atoms with Crippen molar-refractivity contribution in [2.75, 3.05) is 0 Å². The fourth-order valence-electron chi connectivity index (χ4n) is 4.33. The van der Waals surface area contributed by atoms with Crippen LogP contribution >= 0.6 is 0 Å². The molecule has 0 saturated heterocycles. The molecular formula is C16H36Sn. The van der Waals surface area contributed by atoms with Crippen molar-refractivity contribution in [1.29, 1.82) is 0 Å². The third-order valence-electron chi connectivity index (χ3n) is 5.86. The van der Waals surface area contributed by atoms with E-state index in [1.54, 1.807) is 0 Å². The van der Waals surface area contributed by atoms with Gasteiger partial charge in [-0.2, -0.15) is 0 Å². The molecule has 0 bridgehead atoms. The summed E-state index contributed by atoms with van der Waals surface area (Å²) in [7, 11) is 0. The molecule has 0 aromatic rings. The van der Waals surface area contributed by atoms with Crippen molar-refractivity contribution in [3.63, 3.8) is 0 Å². The summed E-state index contributed by atoms with van der Waals surface area (Å²) >= 11 is -2.10. The Morgan fingerprint density at radius 2 is 0.706 bits per heavy atom. The Balaban J connectivity index is 5.51. The Bertz CT molecular complexity index is 154. The zero-order chi connectivity index (χ0) is 13.6. The second-order valence-electron chi connectivity index (χ2n) is 6.24. The SMILES string of the molecule is CC[C@@H](C)[Sn]([C@@H](C)CC)([C@@H](C)CC)[C@@H](C)CC. The molecule has 0 aliphatic carbocycles. The summed E-state index contributed by atoms with van der Waals surface area (Å²) in [5, 5.41) is 0. The third kappa shape index (κ3) is 3.42. The molecule has 0 fully saturated rings. The van der Waals surface area contributed by atoms with Crippen molar-refractivity contribution in [3.8, 4) is 0 Å². The molecule has 0 rings (SSSR count). The van der Waals surface area contributed by atoms with Crippen molar-refractivity contribution in [2.24, 2.45) is 0 Å². The second-order valence-corrected chi connectivity index (χ2v) is 23.2. The van der Waals surface area contributed by atoms with Crippen LogP contribution in [0.2, 0.25) is 15.7 Å². The van der Waals surface area contributed by atoms with E-state index in [0.29, 0.717) is 0 Å². The first-order chi connectivity index (χ1) is 7.93. The maximum absolute atomic E-state index is 2.58. The minimum absolute atomic E-state index is 1.05. The molecule has 0 radical (unpaired) electrons. The molecule has 0 amide bonds. The van der Waals surface area contributed by atoms with Crippen LogP contribution in [0.5, 0.6) is 0 Å². The van der Waals surface area contributed by atoms with Crippen molar-refractivity contribution in [2.45, 2.75) is 96.8 Å².